The van der Waals surface area contributed by atoms with Crippen LogP contribution in [0.1, 0.15) is 21.5 Å². The first-order valence-electron chi connectivity index (χ1n) is 5.72. The maximum Gasteiger partial charge on any atom is 0.153 e. The third kappa shape index (κ3) is 3.32. The molecule has 0 aliphatic carbocycles. The fraction of sp³-hybridized carbons (Fsp3) is 0.133. The number of hydrogen-bond acceptors (Lipinski definition) is 2. The molecule has 0 radical (unpaired) electrons. The average Bonchev–Trinajstić information content (AvgIpc) is 2.40. The molecule has 0 aromatic heterocycles. The van der Waals surface area contributed by atoms with Gasteiger partial charge in [0.05, 0.1) is 5.56 Å². The Morgan fingerprint density at radius 2 is 2.05 bits per heavy atom. The van der Waals surface area contributed by atoms with Crippen molar-refractivity contribution in [2.75, 3.05) is 0 Å². The van der Waals surface area contributed by atoms with Gasteiger partial charge >= 0.3 is 0 Å². The van der Waals surface area contributed by atoms with Gasteiger partial charge in [-0.3, -0.25) is 4.79 Å². The van der Waals surface area contributed by atoms with Gasteiger partial charge in [0.1, 0.15) is 18.2 Å². The lowest BCUT2D eigenvalue weighted by Crippen LogP contribution is -2.00. The van der Waals surface area contributed by atoms with E-state index in [0.717, 1.165) is 11.1 Å². The molecule has 0 amide bonds. The van der Waals surface area contributed by atoms with Crippen LogP contribution in [0, 0.1) is 12.7 Å². The first-order chi connectivity index (χ1) is 9.10. The standard InChI is InChI=1S/C15H12ClFO2/c1-10-2-4-14(17)7-12(10)9-19-15-5-3-13(16)6-11(15)8-18/h2-8H,9H2,1H3. The third-order valence-corrected chi connectivity index (χ3v) is 3.03. The Morgan fingerprint density at radius 3 is 2.79 bits per heavy atom. The molecule has 0 unspecified atom stereocenters. The SMILES string of the molecule is Cc1ccc(F)cc1COc1ccc(Cl)cc1C=O. The molecule has 0 bridgehead atoms. The van der Waals surface area contributed by atoms with Crippen LogP contribution in [0.15, 0.2) is 36.4 Å². The van der Waals surface area contributed by atoms with Crippen LogP contribution in [-0.4, -0.2) is 6.29 Å². The van der Waals surface area contributed by atoms with Crippen LogP contribution in [0.3, 0.4) is 0 Å². The number of rotatable bonds is 4. The lowest BCUT2D eigenvalue weighted by atomic mass is 10.1. The minimum Gasteiger partial charge on any atom is -0.488 e. The van der Waals surface area contributed by atoms with E-state index in [2.05, 4.69) is 0 Å². The monoisotopic (exact) mass is 278 g/mol. The smallest absolute Gasteiger partial charge is 0.153 e. The normalized spacial score (nSPS) is 10.3. The molecule has 2 aromatic carbocycles. The highest BCUT2D eigenvalue weighted by Gasteiger charge is 2.06. The number of hydrogen-bond donors (Lipinski definition) is 0. The first-order valence-corrected chi connectivity index (χ1v) is 6.10. The molecule has 0 saturated carbocycles. The fourth-order valence-corrected chi connectivity index (χ4v) is 1.87. The summed E-state index contributed by atoms with van der Waals surface area (Å²) in [6.45, 7) is 2.08. The van der Waals surface area contributed by atoms with Crippen molar-refractivity contribution in [3.05, 3.63) is 63.9 Å². The number of halogens is 2. The molecule has 2 aromatic rings. The topological polar surface area (TPSA) is 26.3 Å². The summed E-state index contributed by atoms with van der Waals surface area (Å²) in [6.07, 6.45) is 0.680. The Bertz CT molecular complexity index is 611. The van der Waals surface area contributed by atoms with Gasteiger partial charge in [-0.25, -0.2) is 4.39 Å². The molecular weight excluding hydrogens is 267 g/mol. The zero-order chi connectivity index (χ0) is 13.8. The summed E-state index contributed by atoms with van der Waals surface area (Å²) in [4.78, 5) is 10.9. The van der Waals surface area contributed by atoms with Gasteiger partial charge in [-0.2, -0.15) is 0 Å². The molecule has 0 fully saturated rings. The van der Waals surface area contributed by atoms with Gasteiger partial charge in [0.15, 0.2) is 6.29 Å². The Morgan fingerprint density at radius 1 is 1.26 bits per heavy atom. The van der Waals surface area contributed by atoms with Crippen molar-refractivity contribution in [2.24, 2.45) is 0 Å². The van der Waals surface area contributed by atoms with Gasteiger partial charge in [0, 0.05) is 5.02 Å². The van der Waals surface area contributed by atoms with Crippen LogP contribution < -0.4 is 4.74 Å². The highest BCUT2D eigenvalue weighted by Crippen LogP contribution is 2.23. The van der Waals surface area contributed by atoms with Crippen molar-refractivity contribution in [1.29, 1.82) is 0 Å². The Labute approximate surface area is 115 Å². The molecule has 0 aliphatic heterocycles. The number of aryl methyl sites for hydroxylation is 1. The van der Waals surface area contributed by atoms with Crippen LogP contribution in [-0.2, 0) is 6.61 Å². The lowest BCUT2D eigenvalue weighted by molar-refractivity contribution is 0.111. The first kappa shape index (κ1) is 13.6. The van der Waals surface area contributed by atoms with Crippen molar-refractivity contribution in [1.82, 2.24) is 0 Å². The number of ether oxygens (including phenoxy) is 1. The van der Waals surface area contributed by atoms with E-state index >= 15 is 0 Å². The van der Waals surface area contributed by atoms with Crippen molar-refractivity contribution < 1.29 is 13.9 Å². The van der Waals surface area contributed by atoms with Crippen LogP contribution in [0.25, 0.3) is 0 Å². The molecule has 0 aliphatic rings. The van der Waals surface area contributed by atoms with Gasteiger partial charge in [-0.1, -0.05) is 17.7 Å². The molecule has 98 valence electrons. The van der Waals surface area contributed by atoms with Crippen LogP contribution in [0.5, 0.6) is 5.75 Å². The van der Waals surface area contributed by atoms with E-state index < -0.39 is 0 Å². The predicted octanol–water partition coefficient (Wildman–Crippen LogP) is 4.18. The van der Waals surface area contributed by atoms with Crippen LogP contribution >= 0.6 is 11.6 Å². The number of carbonyl (C=O) groups excluding carboxylic acids is 1. The summed E-state index contributed by atoms with van der Waals surface area (Å²) in [7, 11) is 0. The highest BCUT2D eigenvalue weighted by molar-refractivity contribution is 6.30. The number of aldehydes is 1. The Hall–Kier alpha value is -1.87. The molecule has 0 N–H and O–H groups in total. The van der Waals surface area contributed by atoms with Gasteiger partial charge in [-0.05, 0) is 48.4 Å². The molecule has 0 spiro atoms. The van der Waals surface area contributed by atoms with Crippen molar-refractivity contribution in [3.8, 4) is 5.75 Å². The van der Waals surface area contributed by atoms with Gasteiger partial charge in [0.25, 0.3) is 0 Å². The van der Waals surface area contributed by atoms with E-state index in [4.69, 9.17) is 16.3 Å². The molecular formula is C15H12ClFO2. The summed E-state index contributed by atoms with van der Waals surface area (Å²) < 4.78 is 18.7. The van der Waals surface area contributed by atoms with E-state index in [-0.39, 0.29) is 12.4 Å². The molecule has 0 saturated heterocycles. The summed E-state index contributed by atoms with van der Waals surface area (Å²) in [5.41, 5.74) is 2.05. The van der Waals surface area contributed by atoms with Crippen molar-refractivity contribution in [3.63, 3.8) is 0 Å². The van der Waals surface area contributed by atoms with E-state index in [1.165, 1.54) is 18.2 Å². The maximum atomic E-state index is 13.1. The van der Waals surface area contributed by atoms with Crippen LogP contribution in [0.2, 0.25) is 5.02 Å². The zero-order valence-corrected chi connectivity index (χ0v) is 11.1. The summed E-state index contributed by atoms with van der Waals surface area (Å²) in [5, 5.41) is 0.469. The summed E-state index contributed by atoms with van der Waals surface area (Å²) in [5.74, 6) is 0.124. The predicted molar refractivity (Wildman–Crippen MR) is 72.3 cm³/mol. The second kappa shape index (κ2) is 5.85. The largest absolute Gasteiger partial charge is 0.488 e. The van der Waals surface area contributed by atoms with Crippen molar-refractivity contribution in [2.45, 2.75) is 13.5 Å². The van der Waals surface area contributed by atoms with E-state index in [0.29, 0.717) is 22.6 Å². The van der Waals surface area contributed by atoms with Gasteiger partial charge < -0.3 is 4.74 Å². The molecule has 4 heteroatoms. The molecule has 2 rings (SSSR count). The van der Waals surface area contributed by atoms with E-state index in [9.17, 15) is 9.18 Å². The molecule has 0 heterocycles. The molecule has 19 heavy (non-hydrogen) atoms. The zero-order valence-electron chi connectivity index (χ0n) is 10.3. The van der Waals surface area contributed by atoms with Gasteiger partial charge in [-0.15, -0.1) is 0 Å². The molecule has 0 atom stereocenters. The quantitative estimate of drug-likeness (QED) is 0.784. The summed E-state index contributed by atoms with van der Waals surface area (Å²) in [6, 6.07) is 9.31. The third-order valence-electron chi connectivity index (χ3n) is 2.79. The number of carbonyl (C=O) groups is 1. The molecule has 2 nitrogen and oxygen atoms in total. The Kier molecular flexibility index (Phi) is 4.17. The summed E-state index contributed by atoms with van der Waals surface area (Å²) >= 11 is 5.79. The second-order valence-electron chi connectivity index (χ2n) is 4.16. The van der Waals surface area contributed by atoms with E-state index in [1.807, 2.05) is 6.92 Å². The number of benzene rings is 2. The fourth-order valence-electron chi connectivity index (χ4n) is 1.69. The second-order valence-corrected chi connectivity index (χ2v) is 4.60. The minimum absolute atomic E-state index is 0.200. The van der Waals surface area contributed by atoms with Gasteiger partial charge in [0.2, 0.25) is 0 Å². The highest BCUT2D eigenvalue weighted by atomic mass is 35.5. The average molecular weight is 279 g/mol. The van der Waals surface area contributed by atoms with Crippen molar-refractivity contribution >= 4 is 17.9 Å². The minimum atomic E-state index is -0.309. The maximum absolute atomic E-state index is 13.1. The lowest BCUT2D eigenvalue weighted by Gasteiger charge is -2.10. The Balaban J connectivity index is 2.18. The van der Waals surface area contributed by atoms with Crippen LogP contribution in [0.4, 0.5) is 4.39 Å². The van der Waals surface area contributed by atoms with E-state index in [1.54, 1.807) is 18.2 Å².